The number of para-hydroxylation sites is 1. The molecule has 1 atom stereocenters. The molecule has 1 aromatic rings. The van der Waals surface area contributed by atoms with Crippen LogP contribution in [0.5, 0.6) is 0 Å². The highest BCUT2D eigenvalue weighted by atomic mass is 16.5. The van der Waals surface area contributed by atoms with E-state index in [1.165, 1.54) is 0 Å². The molecule has 4 aliphatic heterocycles. The van der Waals surface area contributed by atoms with E-state index in [1.54, 1.807) is 11.1 Å². The Morgan fingerprint density at radius 3 is 2.61 bits per heavy atom. The van der Waals surface area contributed by atoms with Gasteiger partial charge in [-0.3, -0.25) is 0 Å². The molecule has 1 unspecified atom stereocenters. The highest BCUT2D eigenvalue weighted by Crippen LogP contribution is 2.27. The first-order valence-corrected chi connectivity index (χ1v) is 14.6. The Labute approximate surface area is 241 Å². The number of piperidine rings is 2. The number of likely N-dealkylation sites (tertiary alicyclic amines) is 2. The number of benzene rings is 1. The molecule has 0 radical (unpaired) electrons. The molecule has 2 saturated heterocycles. The quantitative estimate of drug-likeness (QED) is 0.439. The summed E-state index contributed by atoms with van der Waals surface area (Å²) < 4.78 is 5.91. The molecule has 11 nitrogen and oxygen atoms in total. The molecule has 0 aliphatic carbocycles. The van der Waals surface area contributed by atoms with Gasteiger partial charge in [0.15, 0.2) is 0 Å². The Morgan fingerprint density at radius 1 is 1.15 bits per heavy atom. The van der Waals surface area contributed by atoms with E-state index in [1.807, 2.05) is 48.2 Å². The maximum absolute atomic E-state index is 13.4. The number of hydrogen-bond donors (Lipinski definition) is 3. The van der Waals surface area contributed by atoms with Crippen LogP contribution < -0.4 is 16.1 Å². The van der Waals surface area contributed by atoms with E-state index < -0.39 is 12.0 Å². The molecule has 1 aromatic carbocycles. The van der Waals surface area contributed by atoms with E-state index in [0.29, 0.717) is 45.4 Å². The summed E-state index contributed by atoms with van der Waals surface area (Å²) in [6.07, 6.45) is 8.81. The smallest absolute Gasteiger partial charge is 0.329 e. The fourth-order valence-corrected chi connectivity index (χ4v) is 5.81. The Bertz CT molecular complexity index is 1210. The average Bonchev–Trinajstić information content (AvgIpc) is 3.50. The third kappa shape index (κ3) is 7.27. The van der Waals surface area contributed by atoms with Crippen molar-refractivity contribution in [2.24, 2.45) is 5.10 Å². The number of carbonyl (C=O) groups excluding carboxylic acids is 3. The van der Waals surface area contributed by atoms with Gasteiger partial charge in [-0.25, -0.2) is 14.4 Å². The number of hydrazone groups is 1. The summed E-state index contributed by atoms with van der Waals surface area (Å²) in [4.78, 5) is 45.4. The van der Waals surface area contributed by atoms with Gasteiger partial charge in [0.25, 0.3) is 0 Å². The van der Waals surface area contributed by atoms with Crippen LogP contribution in [0.1, 0.15) is 44.6 Å². The summed E-state index contributed by atoms with van der Waals surface area (Å²) in [5, 5.41) is 10.0. The van der Waals surface area contributed by atoms with Crippen molar-refractivity contribution in [2.75, 3.05) is 45.1 Å². The SMILES string of the molecule is C/C=C(\C=C1\C=NNC1)CC(NC(=O)N1CCC(N2Cc3ccccc3NC2=O)CC1)C(=O)OC1CCN(C)CC1. The van der Waals surface area contributed by atoms with E-state index in [4.69, 9.17) is 4.74 Å². The van der Waals surface area contributed by atoms with Crippen LogP contribution >= 0.6 is 0 Å². The highest BCUT2D eigenvalue weighted by molar-refractivity contribution is 5.92. The summed E-state index contributed by atoms with van der Waals surface area (Å²) >= 11 is 0. The van der Waals surface area contributed by atoms with Gasteiger partial charge in [0, 0.05) is 50.9 Å². The zero-order chi connectivity index (χ0) is 28.8. The van der Waals surface area contributed by atoms with Crippen molar-refractivity contribution in [1.82, 2.24) is 25.4 Å². The topological polar surface area (TPSA) is 119 Å². The zero-order valence-corrected chi connectivity index (χ0v) is 24.0. The lowest BCUT2D eigenvalue weighted by atomic mass is 10.0. The van der Waals surface area contributed by atoms with Crippen molar-refractivity contribution >= 4 is 29.9 Å². The van der Waals surface area contributed by atoms with Crippen molar-refractivity contribution < 1.29 is 19.1 Å². The standard InChI is InChI=1S/C30H41N7O4/c1-3-21(16-22-18-31-32-19-22)17-27(28(38)41-25-10-12-35(2)13-11-25)34-29(39)36-14-8-24(9-15-36)37-20-23-6-4-5-7-26(23)33-30(37)40/h3-7,16,18,24-25,27,32H,8-15,17,19-20H2,1-2H3,(H,33,40)(H,34,39)/b21-3+,22-16-. The summed E-state index contributed by atoms with van der Waals surface area (Å²) in [6, 6.07) is 6.69. The van der Waals surface area contributed by atoms with Gasteiger partial charge in [0.2, 0.25) is 0 Å². The van der Waals surface area contributed by atoms with Crippen molar-refractivity contribution in [2.45, 2.75) is 63.8 Å². The molecule has 3 N–H and O–H groups in total. The van der Waals surface area contributed by atoms with E-state index >= 15 is 0 Å². The third-order valence-corrected chi connectivity index (χ3v) is 8.37. The maximum atomic E-state index is 13.4. The summed E-state index contributed by atoms with van der Waals surface area (Å²) in [7, 11) is 2.06. The number of allylic oxidation sites excluding steroid dienone is 2. The second-order valence-corrected chi connectivity index (χ2v) is 11.3. The Kier molecular flexibility index (Phi) is 9.23. The molecule has 5 rings (SSSR count). The molecule has 0 bridgehead atoms. The molecule has 4 aliphatic rings. The van der Waals surface area contributed by atoms with Gasteiger partial charge in [-0.2, -0.15) is 5.10 Å². The summed E-state index contributed by atoms with van der Waals surface area (Å²) in [6.45, 7) is 5.87. The molecule has 0 saturated carbocycles. The van der Waals surface area contributed by atoms with Crippen LogP contribution in [0.15, 0.2) is 52.7 Å². The number of hydrogen-bond acceptors (Lipinski definition) is 7. The van der Waals surface area contributed by atoms with Crippen LogP contribution in [0.4, 0.5) is 15.3 Å². The summed E-state index contributed by atoms with van der Waals surface area (Å²) in [5.41, 5.74) is 6.81. The Morgan fingerprint density at radius 2 is 1.90 bits per heavy atom. The molecule has 2 fully saturated rings. The Hall–Kier alpha value is -3.86. The number of amides is 4. The van der Waals surface area contributed by atoms with Gasteiger partial charge < -0.3 is 35.5 Å². The first kappa shape index (κ1) is 28.7. The molecule has 4 heterocycles. The van der Waals surface area contributed by atoms with Crippen molar-refractivity contribution in [3.8, 4) is 0 Å². The number of ether oxygens (including phenoxy) is 1. The van der Waals surface area contributed by atoms with Crippen LogP contribution in [0, 0.1) is 0 Å². The number of fused-ring (bicyclic) bond motifs is 1. The minimum absolute atomic E-state index is 0.0422. The van der Waals surface area contributed by atoms with E-state index in [0.717, 1.165) is 48.3 Å². The number of nitrogens with one attached hydrogen (secondary N) is 3. The lowest BCUT2D eigenvalue weighted by molar-refractivity contribution is -0.153. The molecule has 0 aromatic heterocycles. The number of nitrogens with zero attached hydrogens (tertiary/aromatic N) is 4. The van der Waals surface area contributed by atoms with E-state index in [9.17, 15) is 14.4 Å². The second kappa shape index (κ2) is 13.2. The van der Waals surface area contributed by atoms with Crippen LogP contribution in [0.2, 0.25) is 0 Å². The van der Waals surface area contributed by atoms with Gasteiger partial charge >= 0.3 is 18.0 Å². The molecule has 41 heavy (non-hydrogen) atoms. The number of anilines is 1. The maximum Gasteiger partial charge on any atom is 0.329 e. The number of esters is 1. The lowest BCUT2D eigenvalue weighted by Crippen LogP contribution is -2.54. The van der Waals surface area contributed by atoms with Gasteiger partial charge in [0.1, 0.15) is 12.1 Å². The van der Waals surface area contributed by atoms with Crippen LogP contribution in [0.25, 0.3) is 0 Å². The molecule has 220 valence electrons. The fraction of sp³-hybridized carbons (Fsp3) is 0.533. The number of urea groups is 2. The first-order valence-electron chi connectivity index (χ1n) is 14.6. The molecule has 11 heteroatoms. The van der Waals surface area contributed by atoms with Crippen molar-refractivity contribution in [3.63, 3.8) is 0 Å². The van der Waals surface area contributed by atoms with Gasteiger partial charge in [-0.05, 0) is 62.4 Å². The highest BCUT2D eigenvalue weighted by Gasteiger charge is 2.34. The average molecular weight is 564 g/mol. The lowest BCUT2D eigenvalue weighted by Gasteiger charge is -2.40. The van der Waals surface area contributed by atoms with E-state index in [-0.39, 0.29) is 24.2 Å². The van der Waals surface area contributed by atoms with Crippen molar-refractivity contribution in [3.05, 3.63) is 53.1 Å². The molecular formula is C30H41N7O4. The summed E-state index contributed by atoms with van der Waals surface area (Å²) in [5.74, 6) is -0.401. The predicted octanol–water partition coefficient (Wildman–Crippen LogP) is 3.07. The van der Waals surface area contributed by atoms with Crippen LogP contribution in [-0.4, -0.2) is 96.9 Å². The Balaban J connectivity index is 1.20. The largest absolute Gasteiger partial charge is 0.461 e. The third-order valence-electron chi connectivity index (χ3n) is 8.37. The van der Waals surface area contributed by atoms with Crippen LogP contribution in [-0.2, 0) is 16.1 Å². The van der Waals surface area contributed by atoms with Gasteiger partial charge in [0.05, 0.1) is 12.8 Å². The monoisotopic (exact) mass is 563 g/mol. The minimum atomic E-state index is -0.807. The van der Waals surface area contributed by atoms with E-state index in [2.05, 4.69) is 33.1 Å². The molecular weight excluding hydrogens is 522 g/mol. The predicted molar refractivity (Wildman–Crippen MR) is 157 cm³/mol. The van der Waals surface area contributed by atoms with Gasteiger partial charge in [-0.1, -0.05) is 30.4 Å². The fourth-order valence-electron chi connectivity index (χ4n) is 5.81. The number of rotatable bonds is 7. The first-order chi connectivity index (χ1) is 19.9. The second-order valence-electron chi connectivity index (χ2n) is 11.3. The zero-order valence-electron chi connectivity index (χ0n) is 24.0. The van der Waals surface area contributed by atoms with Crippen LogP contribution in [0.3, 0.4) is 0 Å². The molecule has 0 spiro atoms. The van der Waals surface area contributed by atoms with Crippen molar-refractivity contribution in [1.29, 1.82) is 0 Å². The molecule has 4 amide bonds. The van der Waals surface area contributed by atoms with Gasteiger partial charge in [-0.15, -0.1) is 0 Å². The number of carbonyl (C=O) groups is 3. The minimum Gasteiger partial charge on any atom is -0.461 e. The normalized spacial score (nSPS) is 22.2.